The summed E-state index contributed by atoms with van der Waals surface area (Å²) in [5, 5.41) is 12.1. The number of nitrogens with zero attached hydrogens (tertiary/aromatic N) is 3. The Bertz CT molecular complexity index is 886. The van der Waals surface area contributed by atoms with Crippen LogP contribution in [0.15, 0.2) is 64.9 Å². The SMILES string of the molecule is C=CCn1c(SCC(=O)NCc2ccccc2)nnc1-c1ccoc1C. The molecule has 3 aromatic rings. The summed E-state index contributed by atoms with van der Waals surface area (Å²) in [4.78, 5) is 12.1. The molecule has 3 rings (SSSR count). The van der Waals surface area contributed by atoms with Crippen molar-refractivity contribution in [2.24, 2.45) is 0 Å². The van der Waals surface area contributed by atoms with Crippen LogP contribution in [0.4, 0.5) is 0 Å². The number of carbonyl (C=O) groups is 1. The minimum absolute atomic E-state index is 0.0481. The van der Waals surface area contributed by atoms with Crippen LogP contribution < -0.4 is 5.32 Å². The number of amides is 1. The highest BCUT2D eigenvalue weighted by atomic mass is 32.2. The van der Waals surface area contributed by atoms with Crippen LogP contribution in [0, 0.1) is 6.92 Å². The molecule has 0 fully saturated rings. The molecule has 26 heavy (non-hydrogen) atoms. The summed E-state index contributed by atoms with van der Waals surface area (Å²) in [5.74, 6) is 1.71. The van der Waals surface area contributed by atoms with Gasteiger partial charge in [0.2, 0.25) is 5.91 Å². The normalized spacial score (nSPS) is 10.7. The summed E-state index contributed by atoms with van der Waals surface area (Å²) >= 11 is 1.35. The van der Waals surface area contributed by atoms with E-state index in [1.165, 1.54) is 11.8 Å². The highest BCUT2D eigenvalue weighted by molar-refractivity contribution is 7.99. The van der Waals surface area contributed by atoms with Crippen LogP contribution in [0.1, 0.15) is 11.3 Å². The van der Waals surface area contributed by atoms with E-state index in [1.807, 2.05) is 47.9 Å². The molecule has 134 valence electrons. The number of allylic oxidation sites excluding steroid dienone is 1. The van der Waals surface area contributed by atoms with Crippen LogP contribution in [-0.4, -0.2) is 26.4 Å². The number of hydrogen-bond donors (Lipinski definition) is 1. The van der Waals surface area contributed by atoms with Gasteiger partial charge < -0.3 is 9.73 Å². The molecule has 0 aliphatic heterocycles. The molecule has 2 heterocycles. The van der Waals surface area contributed by atoms with Crippen LogP contribution in [0.5, 0.6) is 0 Å². The zero-order valence-corrected chi connectivity index (χ0v) is 15.3. The number of hydrogen-bond acceptors (Lipinski definition) is 5. The quantitative estimate of drug-likeness (QED) is 0.487. The number of aromatic nitrogens is 3. The fraction of sp³-hybridized carbons (Fsp3) is 0.211. The van der Waals surface area contributed by atoms with Gasteiger partial charge in [-0.25, -0.2) is 0 Å². The summed E-state index contributed by atoms with van der Waals surface area (Å²) in [6.45, 7) is 6.74. The van der Waals surface area contributed by atoms with Gasteiger partial charge in [0, 0.05) is 13.1 Å². The monoisotopic (exact) mass is 368 g/mol. The molecule has 1 N–H and O–H groups in total. The first kappa shape index (κ1) is 18.0. The molecule has 0 saturated carbocycles. The van der Waals surface area contributed by atoms with Gasteiger partial charge in [-0.05, 0) is 18.6 Å². The summed E-state index contributed by atoms with van der Waals surface area (Å²) < 4.78 is 7.29. The van der Waals surface area contributed by atoms with Crippen molar-refractivity contribution in [3.8, 4) is 11.4 Å². The van der Waals surface area contributed by atoms with Crippen LogP contribution in [0.2, 0.25) is 0 Å². The summed E-state index contributed by atoms with van der Waals surface area (Å²) in [6.07, 6.45) is 3.41. The second-order valence-corrected chi connectivity index (χ2v) is 6.59. The Morgan fingerprint density at radius 2 is 2.12 bits per heavy atom. The van der Waals surface area contributed by atoms with E-state index in [2.05, 4.69) is 22.1 Å². The average Bonchev–Trinajstić information content (AvgIpc) is 3.25. The Morgan fingerprint density at radius 1 is 1.31 bits per heavy atom. The maximum absolute atomic E-state index is 12.1. The Labute approximate surface area is 156 Å². The third kappa shape index (κ3) is 4.23. The van der Waals surface area contributed by atoms with Crippen molar-refractivity contribution in [3.63, 3.8) is 0 Å². The molecule has 0 atom stereocenters. The van der Waals surface area contributed by atoms with Crippen LogP contribution in [-0.2, 0) is 17.9 Å². The van der Waals surface area contributed by atoms with Gasteiger partial charge in [-0.15, -0.1) is 16.8 Å². The molecule has 1 amide bonds. The molecule has 0 bridgehead atoms. The minimum Gasteiger partial charge on any atom is -0.469 e. The van der Waals surface area contributed by atoms with E-state index in [0.717, 1.165) is 16.9 Å². The van der Waals surface area contributed by atoms with Crippen molar-refractivity contribution in [1.29, 1.82) is 0 Å². The minimum atomic E-state index is -0.0481. The predicted molar refractivity (Wildman–Crippen MR) is 102 cm³/mol. The van der Waals surface area contributed by atoms with Gasteiger partial charge in [-0.1, -0.05) is 48.2 Å². The van der Waals surface area contributed by atoms with Gasteiger partial charge in [-0.2, -0.15) is 0 Å². The molecule has 7 heteroatoms. The Hall–Kier alpha value is -2.80. The number of aryl methyl sites for hydroxylation is 1. The summed E-state index contributed by atoms with van der Waals surface area (Å²) in [5.41, 5.74) is 1.96. The van der Waals surface area contributed by atoms with Gasteiger partial charge in [0.1, 0.15) is 5.76 Å². The van der Waals surface area contributed by atoms with Crippen LogP contribution in [0.3, 0.4) is 0 Å². The van der Waals surface area contributed by atoms with Gasteiger partial charge in [0.25, 0.3) is 0 Å². The number of thioether (sulfide) groups is 1. The first-order chi connectivity index (χ1) is 12.7. The van der Waals surface area contributed by atoms with Crippen molar-refractivity contribution >= 4 is 17.7 Å². The molecule has 2 aromatic heterocycles. The van der Waals surface area contributed by atoms with E-state index < -0.39 is 0 Å². The van der Waals surface area contributed by atoms with E-state index >= 15 is 0 Å². The zero-order chi connectivity index (χ0) is 18.4. The van der Waals surface area contributed by atoms with Crippen LogP contribution in [0.25, 0.3) is 11.4 Å². The number of rotatable bonds is 8. The smallest absolute Gasteiger partial charge is 0.230 e. The lowest BCUT2D eigenvalue weighted by atomic mass is 10.2. The van der Waals surface area contributed by atoms with E-state index in [-0.39, 0.29) is 11.7 Å². The second kappa shape index (κ2) is 8.53. The van der Waals surface area contributed by atoms with Crippen molar-refractivity contribution in [1.82, 2.24) is 20.1 Å². The van der Waals surface area contributed by atoms with Gasteiger partial charge >= 0.3 is 0 Å². The third-order valence-corrected chi connectivity index (χ3v) is 4.76. The van der Waals surface area contributed by atoms with Crippen molar-refractivity contribution in [2.45, 2.75) is 25.2 Å². The molecule has 0 saturated heterocycles. The van der Waals surface area contributed by atoms with E-state index in [9.17, 15) is 4.79 Å². The summed E-state index contributed by atoms with van der Waals surface area (Å²) in [7, 11) is 0. The van der Waals surface area contributed by atoms with E-state index in [1.54, 1.807) is 12.3 Å². The first-order valence-corrected chi connectivity index (χ1v) is 9.19. The Kier molecular flexibility index (Phi) is 5.91. The number of benzene rings is 1. The van der Waals surface area contributed by atoms with E-state index in [4.69, 9.17) is 4.42 Å². The van der Waals surface area contributed by atoms with E-state index in [0.29, 0.717) is 24.1 Å². The molecule has 1 aromatic carbocycles. The zero-order valence-electron chi connectivity index (χ0n) is 14.5. The second-order valence-electron chi connectivity index (χ2n) is 5.65. The van der Waals surface area contributed by atoms with Crippen molar-refractivity contribution in [3.05, 3.63) is 66.6 Å². The predicted octanol–water partition coefficient (Wildman–Crippen LogP) is 3.44. The highest BCUT2D eigenvalue weighted by Gasteiger charge is 2.17. The maximum atomic E-state index is 12.1. The molecule has 0 radical (unpaired) electrons. The third-order valence-electron chi connectivity index (χ3n) is 3.79. The molecular weight excluding hydrogens is 348 g/mol. The number of nitrogens with one attached hydrogen (secondary N) is 1. The first-order valence-electron chi connectivity index (χ1n) is 8.21. The fourth-order valence-corrected chi connectivity index (χ4v) is 3.26. The lowest BCUT2D eigenvalue weighted by Gasteiger charge is -2.08. The molecular formula is C19H20N4O2S. The lowest BCUT2D eigenvalue weighted by molar-refractivity contribution is -0.118. The van der Waals surface area contributed by atoms with Crippen molar-refractivity contribution in [2.75, 3.05) is 5.75 Å². The van der Waals surface area contributed by atoms with Crippen molar-refractivity contribution < 1.29 is 9.21 Å². The summed E-state index contributed by atoms with van der Waals surface area (Å²) in [6, 6.07) is 11.7. The van der Waals surface area contributed by atoms with Gasteiger partial charge in [-0.3, -0.25) is 9.36 Å². The average molecular weight is 368 g/mol. The number of furan rings is 1. The number of carbonyl (C=O) groups excluding carboxylic acids is 1. The molecule has 6 nitrogen and oxygen atoms in total. The Balaban J connectivity index is 1.64. The molecule has 0 spiro atoms. The topological polar surface area (TPSA) is 73.0 Å². The largest absolute Gasteiger partial charge is 0.469 e. The Morgan fingerprint density at radius 3 is 2.81 bits per heavy atom. The standard InChI is InChI=1S/C19H20N4O2S/c1-3-10-23-18(16-9-11-25-14(16)2)21-22-19(23)26-13-17(24)20-12-15-7-5-4-6-8-15/h3-9,11H,1,10,12-13H2,2H3,(H,20,24). The maximum Gasteiger partial charge on any atom is 0.230 e. The lowest BCUT2D eigenvalue weighted by Crippen LogP contribution is -2.24. The van der Waals surface area contributed by atoms with Gasteiger partial charge in [0.15, 0.2) is 11.0 Å². The molecule has 0 unspecified atom stereocenters. The molecule has 0 aliphatic rings. The van der Waals surface area contributed by atoms with Gasteiger partial charge in [0.05, 0.1) is 17.6 Å². The highest BCUT2D eigenvalue weighted by Crippen LogP contribution is 2.27. The fourth-order valence-electron chi connectivity index (χ4n) is 2.48. The molecule has 0 aliphatic carbocycles. The van der Waals surface area contributed by atoms with Crippen LogP contribution >= 0.6 is 11.8 Å².